The number of hydrogen-bond donors (Lipinski definition) is 1. The first kappa shape index (κ1) is 12.6. The lowest BCUT2D eigenvalue weighted by Crippen LogP contribution is -2.26. The van der Waals surface area contributed by atoms with Gasteiger partial charge in [0.05, 0.1) is 4.90 Å². The number of hydrogen-bond acceptors (Lipinski definition) is 3. The fraction of sp³-hybridized carbons (Fsp3) is 0.250. The van der Waals surface area contributed by atoms with E-state index in [2.05, 4.69) is 0 Å². The molecule has 84 valence electrons. The van der Waals surface area contributed by atoms with E-state index in [1.807, 2.05) is 11.1 Å². The van der Waals surface area contributed by atoms with Gasteiger partial charge in [0.1, 0.15) is 16.2 Å². The first-order valence-corrected chi connectivity index (χ1v) is 7.33. The predicted molar refractivity (Wildman–Crippen MR) is 60.4 cm³/mol. The van der Waals surface area contributed by atoms with Crippen LogP contribution in [0.3, 0.4) is 0 Å². The summed E-state index contributed by atoms with van der Waals surface area (Å²) in [6.45, 7) is 1.85. The Morgan fingerprint density at radius 1 is 1.33 bits per heavy atom. The smallest absolute Gasteiger partial charge is 0.241 e. The van der Waals surface area contributed by atoms with E-state index in [0.717, 1.165) is 5.56 Å². The van der Waals surface area contributed by atoms with Crippen LogP contribution in [0.15, 0.2) is 29.2 Å². The molecule has 0 aliphatic carbocycles. The molecule has 1 rings (SSSR count). The van der Waals surface area contributed by atoms with Crippen molar-refractivity contribution in [3.05, 3.63) is 29.8 Å². The summed E-state index contributed by atoms with van der Waals surface area (Å²) < 4.78 is 36.0. The summed E-state index contributed by atoms with van der Waals surface area (Å²) >= 11 is 5.24. The second-order valence-electron chi connectivity index (χ2n) is 2.85. The topological polar surface area (TPSA) is 63.2 Å². The van der Waals surface area contributed by atoms with E-state index in [1.165, 1.54) is 12.1 Å². The van der Waals surface area contributed by atoms with Crippen LogP contribution in [0, 0.1) is 6.92 Å². The maximum atomic E-state index is 11.5. The minimum atomic E-state index is -3.72. The van der Waals surface area contributed by atoms with Gasteiger partial charge in [-0.2, -0.15) is 0 Å². The lowest BCUT2D eigenvalue weighted by Gasteiger charge is -2.04. The third kappa shape index (κ3) is 3.57. The normalized spacial score (nSPS) is 13.7. The van der Waals surface area contributed by atoms with Gasteiger partial charge in [0.25, 0.3) is 10.0 Å². The van der Waals surface area contributed by atoms with E-state index in [-0.39, 0.29) is 10.1 Å². The Labute approximate surface area is 96.3 Å². The van der Waals surface area contributed by atoms with Crippen molar-refractivity contribution in [2.24, 2.45) is 0 Å². The van der Waals surface area contributed by atoms with Crippen molar-refractivity contribution >= 4 is 32.6 Å². The Balaban J connectivity index is 2.96. The van der Waals surface area contributed by atoms with Crippen molar-refractivity contribution in [2.45, 2.75) is 11.8 Å². The molecule has 0 heterocycles. The molecular weight excluding hydrogens is 258 g/mol. The van der Waals surface area contributed by atoms with Gasteiger partial charge in [-0.25, -0.2) is 12.6 Å². The molecule has 0 radical (unpaired) electrons. The highest BCUT2D eigenvalue weighted by Crippen LogP contribution is 2.10. The van der Waals surface area contributed by atoms with Gasteiger partial charge in [-0.15, -0.1) is 15.7 Å². The number of aryl methyl sites for hydroxylation is 1. The van der Waals surface area contributed by atoms with Crippen LogP contribution in [0.5, 0.6) is 0 Å². The van der Waals surface area contributed by atoms with Gasteiger partial charge in [-0.05, 0) is 19.1 Å². The molecule has 0 fully saturated rings. The zero-order chi connectivity index (χ0) is 11.5. The van der Waals surface area contributed by atoms with E-state index in [1.54, 1.807) is 12.1 Å². The monoisotopic (exact) mass is 267 g/mol. The van der Waals surface area contributed by atoms with Crippen LogP contribution >= 0.6 is 11.6 Å². The summed E-state index contributed by atoms with van der Waals surface area (Å²) in [5, 5.41) is -0.273. The van der Waals surface area contributed by atoms with Crippen molar-refractivity contribution in [3.8, 4) is 0 Å². The van der Waals surface area contributed by atoms with Crippen molar-refractivity contribution in [2.75, 3.05) is 5.21 Å². The Kier molecular flexibility index (Phi) is 4.27. The number of sulfonamides is 1. The zero-order valence-electron chi connectivity index (χ0n) is 7.94. The molecule has 1 atom stereocenters. The van der Waals surface area contributed by atoms with Gasteiger partial charge in [0, 0.05) is 0 Å². The number of halogens is 1. The molecule has 15 heavy (non-hydrogen) atoms. The average molecular weight is 268 g/mol. The fourth-order valence-electron chi connectivity index (χ4n) is 0.910. The third-order valence-corrected chi connectivity index (χ3v) is 4.94. The van der Waals surface area contributed by atoms with Gasteiger partial charge in [-0.1, -0.05) is 17.7 Å². The first-order valence-electron chi connectivity index (χ1n) is 3.99. The number of benzene rings is 1. The summed E-state index contributed by atoms with van der Waals surface area (Å²) in [7, 11) is -5.50. The van der Waals surface area contributed by atoms with Crippen molar-refractivity contribution in [1.82, 2.24) is 4.13 Å². The van der Waals surface area contributed by atoms with Crippen LogP contribution in [0.25, 0.3) is 0 Å². The second kappa shape index (κ2) is 5.07. The van der Waals surface area contributed by atoms with Crippen LogP contribution in [0.1, 0.15) is 5.56 Å². The number of alkyl halides is 1. The van der Waals surface area contributed by atoms with Crippen LogP contribution in [-0.4, -0.2) is 17.8 Å². The molecule has 0 amide bonds. The molecule has 0 saturated heterocycles. The summed E-state index contributed by atoms with van der Waals surface area (Å²) in [4.78, 5) is 0.0755. The lowest BCUT2D eigenvalue weighted by atomic mass is 10.2. The summed E-state index contributed by atoms with van der Waals surface area (Å²) in [6, 6.07) is 6.22. The second-order valence-corrected chi connectivity index (χ2v) is 6.56. The molecule has 1 N–H and O–H groups in total. The molecule has 0 aliphatic rings. The van der Waals surface area contributed by atoms with Crippen LogP contribution < -0.4 is 4.13 Å². The standard InChI is InChI=1S/C8H10ClNO3S2/c1-7-2-4-8(5-3-7)15(12,13)10-14(11)6-9/h2-5,10H,6H2,1H3. The van der Waals surface area contributed by atoms with E-state index in [0.29, 0.717) is 0 Å². The van der Waals surface area contributed by atoms with Crippen molar-refractivity contribution < 1.29 is 12.6 Å². The van der Waals surface area contributed by atoms with Crippen molar-refractivity contribution in [3.63, 3.8) is 0 Å². The van der Waals surface area contributed by atoms with Crippen LogP contribution in [0.4, 0.5) is 0 Å². The maximum absolute atomic E-state index is 11.5. The minimum Gasteiger partial charge on any atom is -0.241 e. The highest BCUT2D eigenvalue weighted by atomic mass is 35.5. The van der Waals surface area contributed by atoms with Crippen LogP contribution in [0.2, 0.25) is 0 Å². The SMILES string of the molecule is Cc1ccc(S(=O)(=O)NS(=O)CCl)cc1. The maximum Gasteiger partial charge on any atom is 0.251 e. The van der Waals surface area contributed by atoms with Gasteiger partial charge in [0.15, 0.2) is 0 Å². The Bertz CT molecular complexity index is 455. The van der Waals surface area contributed by atoms with Gasteiger partial charge in [0.2, 0.25) is 0 Å². The average Bonchev–Trinajstić information content (AvgIpc) is 2.17. The number of rotatable bonds is 4. The first-order chi connectivity index (χ1) is 6.95. The minimum absolute atomic E-state index is 0.0755. The predicted octanol–water partition coefficient (Wildman–Crippen LogP) is 1.13. The Morgan fingerprint density at radius 2 is 1.87 bits per heavy atom. The molecule has 1 aromatic rings. The molecule has 0 aromatic heterocycles. The molecule has 0 bridgehead atoms. The molecule has 0 spiro atoms. The molecular formula is C8H10ClNO3S2. The molecule has 4 nitrogen and oxygen atoms in total. The molecule has 1 aromatic carbocycles. The summed E-state index contributed by atoms with van der Waals surface area (Å²) in [5.74, 6) is 0. The number of nitrogens with one attached hydrogen (secondary N) is 1. The Morgan fingerprint density at radius 3 is 2.33 bits per heavy atom. The third-order valence-electron chi connectivity index (χ3n) is 1.63. The quantitative estimate of drug-likeness (QED) is 0.832. The van der Waals surface area contributed by atoms with Crippen LogP contribution in [-0.2, 0) is 21.0 Å². The van der Waals surface area contributed by atoms with Crippen molar-refractivity contribution in [1.29, 1.82) is 0 Å². The molecule has 1 unspecified atom stereocenters. The summed E-state index contributed by atoms with van der Waals surface area (Å²) in [5.41, 5.74) is 0.951. The van der Waals surface area contributed by atoms with E-state index in [9.17, 15) is 12.6 Å². The fourth-order valence-corrected chi connectivity index (χ4v) is 3.35. The highest BCUT2D eigenvalue weighted by molar-refractivity contribution is 8.02. The highest BCUT2D eigenvalue weighted by Gasteiger charge is 2.15. The summed E-state index contributed by atoms with van der Waals surface area (Å²) in [6.07, 6.45) is 0. The van der Waals surface area contributed by atoms with Gasteiger partial charge >= 0.3 is 0 Å². The van der Waals surface area contributed by atoms with Gasteiger partial charge < -0.3 is 0 Å². The molecule has 7 heteroatoms. The molecule has 0 saturated carbocycles. The zero-order valence-corrected chi connectivity index (χ0v) is 10.3. The molecule has 0 aliphatic heterocycles. The van der Waals surface area contributed by atoms with E-state index < -0.39 is 21.0 Å². The lowest BCUT2D eigenvalue weighted by molar-refractivity contribution is 0.593. The van der Waals surface area contributed by atoms with E-state index >= 15 is 0 Å². The Hall–Kier alpha value is -0.430. The largest absolute Gasteiger partial charge is 0.251 e. The van der Waals surface area contributed by atoms with E-state index in [4.69, 9.17) is 11.6 Å². The van der Waals surface area contributed by atoms with Gasteiger partial charge in [-0.3, -0.25) is 0 Å².